The van der Waals surface area contributed by atoms with Gasteiger partial charge in [-0.05, 0) is 25.0 Å². The first-order valence-corrected chi connectivity index (χ1v) is 5.15. The van der Waals surface area contributed by atoms with Crippen LogP contribution in [0.15, 0.2) is 24.5 Å². The number of hydrogen-bond acceptors (Lipinski definition) is 3. The first-order valence-electron chi connectivity index (χ1n) is 5.15. The molecule has 4 nitrogen and oxygen atoms in total. The summed E-state index contributed by atoms with van der Waals surface area (Å²) in [7, 11) is 0. The molecule has 0 radical (unpaired) electrons. The van der Waals surface area contributed by atoms with Gasteiger partial charge in [-0.2, -0.15) is 0 Å². The lowest BCUT2D eigenvalue weighted by Crippen LogP contribution is -2.38. The number of amides is 1. The van der Waals surface area contributed by atoms with Gasteiger partial charge in [-0.25, -0.2) is 0 Å². The molecule has 1 saturated heterocycles. The summed E-state index contributed by atoms with van der Waals surface area (Å²) < 4.78 is 5.23. The molecule has 1 fully saturated rings. The van der Waals surface area contributed by atoms with Crippen LogP contribution in [0.1, 0.15) is 23.2 Å². The van der Waals surface area contributed by atoms with Crippen molar-refractivity contribution < 1.29 is 9.53 Å². The van der Waals surface area contributed by atoms with Crippen LogP contribution in [0, 0.1) is 0 Å². The fraction of sp³-hybridized carbons (Fsp3) is 0.455. The van der Waals surface area contributed by atoms with Gasteiger partial charge in [-0.3, -0.25) is 9.78 Å². The van der Waals surface area contributed by atoms with E-state index in [2.05, 4.69) is 10.3 Å². The topological polar surface area (TPSA) is 51.2 Å². The maximum atomic E-state index is 11.7. The second kappa shape index (κ2) is 4.89. The molecule has 2 rings (SSSR count). The third-order valence-corrected chi connectivity index (χ3v) is 2.50. The number of rotatable bonds is 2. The lowest BCUT2D eigenvalue weighted by Gasteiger charge is -2.23. The average Bonchev–Trinajstić information content (AvgIpc) is 2.31. The molecule has 0 saturated carbocycles. The highest BCUT2D eigenvalue weighted by Crippen LogP contribution is 2.07. The number of hydrogen-bond donors (Lipinski definition) is 1. The van der Waals surface area contributed by atoms with E-state index >= 15 is 0 Å². The molecule has 1 aliphatic rings. The highest BCUT2D eigenvalue weighted by molar-refractivity contribution is 5.94. The maximum absolute atomic E-state index is 11.7. The molecule has 4 heteroatoms. The van der Waals surface area contributed by atoms with Gasteiger partial charge in [0.15, 0.2) is 0 Å². The molecule has 2 heterocycles. The standard InChI is InChI=1S/C11H14N2O2/c14-11(9-1-5-12-6-2-9)13-10-3-7-15-8-4-10/h1-2,5-6,10H,3-4,7-8H2,(H,13,14). The van der Waals surface area contributed by atoms with Gasteiger partial charge in [0.25, 0.3) is 5.91 Å². The summed E-state index contributed by atoms with van der Waals surface area (Å²) in [6.07, 6.45) is 5.05. The minimum Gasteiger partial charge on any atom is -0.381 e. The van der Waals surface area contributed by atoms with Crippen LogP contribution in [0.3, 0.4) is 0 Å². The van der Waals surface area contributed by atoms with E-state index in [1.807, 2.05) is 0 Å². The van der Waals surface area contributed by atoms with Gasteiger partial charge in [-0.15, -0.1) is 0 Å². The van der Waals surface area contributed by atoms with Crippen LogP contribution in [0.25, 0.3) is 0 Å². The van der Waals surface area contributed by atoms with Crippen molar-refractivity contribution in [3.8, 4) is 0 Å². The maximum Gasteiger partial charge on any atom is 0.251 e. The Labute approximate surface area is 88.7 Å². The van der Waals surface area contributed by atoms with Gasteiger partial charge >= 0.3 is 0 Å². The summed E-state index contributed by atoms with van der Waals surface area (Å²) in [4.78, 5) is 15.6. The number of carbonyl (C=O) groups is 1. The highest BCUT2D eigenvalue weighted by Gasteiger charge is 2.16. The number of ether oxygens (including phenoxy) is 1. The Morgan fingerprint density at radius 2 is 2.00 bits per heavy atom. The molecule has 80 valence electrons. The lowest BCUT2D eigenvalue weighted by atomic mass is 10.1. The van der Waals surface area contributed by atoms with E-state index in [4.69, 9.17) is 4.74 Å². The molecule has 0 aromatic carbocycles. The quantitative estimate of drug-likeness (QED) is 0.785. The van der Waals surface area contributed by atoms with Crippen molar-refractivity contribution in [3.05, 3.63) is 30.1 Å². The number of pyridine rings is 1. The van der Waals surface area contributed by atoms with E-state index in [1.54, 1.807) is 24.5 Å². The fourth-order valence-electron chi connectivity index (χ4n) is 1.61. The van der Waals surface area contributed by atoms with E-state index in [1.165, 1.54) is 0 Å². The van der Waals surface area contributed by atoms with E-state index < -0.39 is 0 Å². The Morgan fingerprint density at radius 1 is 1.33 bits per heavy atom. The largest absolute Gasteiger partial charge is 0.381 e. The van der Waals surface area contributed by atoms with Gasteiger partial charge in [-0.1, -0.05) is 0 Å². The van der Waals surface area contributed by atoms with Crippen molar-refractivity contribution in [2.24, 2.45) is 0 Å². The molecule has 1 amide bonds. The van der Waals surface area contributed by atoms with Crippen molar-refractivity contribution in [3.63, 3.8) is 0 Å². The SMILES string of the molecule is O=C(NC1CCOCC1)c1ccncc1. The van der Waals surface area contributed by atoms with Gasteiger partial charge in [0.05, 0.1) is 0 Å². The van der Waals surface area contributed by atoms with E-state index in [0.717, 1.165) is 26.1 Å². The lowest BCUT2D eigenvalue weighted by molar-refractivity contribution is 0.0696. The van der Waals surface area contributed by atoms with Gasteiger partial charge in [0.1, 0.15) is 0 Å². The monoisotopic (exact) mass is 206 g/mol. The Balaban J connectivity index is 1.91. The predicted octanol–water partition coefficient (Wildman–Crippen LogP) is 0.990. The average molecular weight is 206 g/mol. The molecule has 0 atom stereocenters. The Morgan fingerprint density at radius 3 is 2.67 bits per heavy atom. The van der Waals surface area contributed by atoms with Crippen molar-refractivity contribution in [1.29, 1.82) is 0 Å². The van der Waals surface area contributed by atoms with Crippen LogP contribution in [-0.4, -0.2) is 30.1 Å². The molecular weight excluding hydrogens is 192 g/mol. The number of aromatic nitrogens is 1. The fourth-order valence-corrected chi connectivity index (χ4v) is 1.61. The summed E-state index contributed by atoms with van der Waals surface area (Å²) in [5, 5.41) is 2.99. The van der Waals surface area contributed by atoms with E-state index in [0.29, 0.717) is 5.56 Å². The summed E-state index contributed by atoms with van der Waals surface area (Å²) >= 11 is 0. The number of nitrogens with one attached hydrogen (secondary N) is 1. The van der Waals surface area contributed by atoms with Crippen LogP contribution < -0.4 is 5.32 Å². The van der Waals surface area contributed by atoms with Crippen molar-refractivity contribution in [2.75, 3.05) is 13.2 Å². The molecule has 1 aromatic rings. The number of nitrogens with zero attached hydrogens (tertiary/aromatic N) is 1. The molecule has 1 N–H and O–H groups in total. The summed E-state index contributed by atoms with van der Waals surface area (Å²) in [6, 6.07) is 3.68. The Hall–Kier alpha value is -1.42. The first kappa shape index (κ1) is 10.1. The molecule has 0 unspecified atom stereocenters. The van der Waals surface area contributed by atoms with Gasteiger partial charge in [0, 0.05) is 37.2 Å². The second-order valence-electron chi connectivity index (χ2n) is 3.60. The van der Waals surface area contributed by atoms with E-state index in [9.17, 15) is 4.79 Å². The molecular formula is C11H14N2O2. The summed E-state index contributed by atoms with van der Waals surface area (Å²) in [5.74, 6) is -0.0238. The number of carbonyl (C=O) groups excluding carboxylic acids is 1. The van der Waals surface area contributed by atoms with Crippen LogP contribution in [0.5, 0.6) is 0 Å². The molecule has 1 aliphatic heterocycles. The van der Waals surface area contributed by atoms with E-state index in [-0.39, 0.29) is 11.9 Å². The van der Waals surface area contributed by atoms with Crippen molar-refractivity contribution in [2.45, 2.75) is 18.9 Å². The van der Waals surface area contributed by atoms with Gasteiger partial charge in [0.2, 0.25) is 0 Å². The van der Waals surface area contributed by atoms with Gasteiger partial charge < -0.3 is 10.1 Å². The first-order chi connectivity index (χ1) is 7.36. The Bertz CT molecular complexity index is 321. The molecule has 1 aromatic heterocycles. The normalized spacial score (nSPS) is 17.3. The predicted molar refractivity (Wildman–Crippen MR) is 55.5 cm³/mol. The minimum atomic E-state index is -0.0238. The van der Waals surface area contributed by atoms with Crippen LogP contribution in [-0.2, 0) is 4.74 Å². The molecule has 0 bridgehead atoms. The Kier molecular flexibility index (Phi) is 3.29. The zero-order valence-corrected chi connectivity index (χ0v) is 8.48. The highest BCUT2D eigenvalue weighted by atomic mass is 16.5. The van der Waals surface area contributed by atoms with Crippen LogP contribution >= 0.6 is 0 Å². The third kappa shape index (κ3) is 2.76. The summed E-state index contributed by atoms with van der Waals surface area (Å²) in [6.45, 7) is 1.47. The molecule has 0 spiro atoms. The van der Waals surface area contributed by atoms with Crippen molar-refractivity contribution >= 4 is 5.91 Å². The zero-order chi connectivity index (χ0) is 10.5. The minimum absolute atomic E-state index is 0.0238. The summed E-state index contributed by atoms with van der Waals surface area (Å²) in [5.41, 5.74) is 0.663. The van der Waals surface area contributed by atoms with Crippen LogP contribution in [0.4, 0.5) is 0 Å². The van der Waals surface area contributed by atoms with Crippen LogP contribution in [0.2, 0.25) is 0 Å². The second-order valence-corrected chi connectivity index (χ2v) is 3.60. The molecule has 0 aliphatic carbocycles. The van der Waals surface area contributed by atoms with Crippen molar-refractivity contribution in [1.82, 2.24) is 10.3 Å². The smallest absolute Gasteiger partial charge is 0.251 e. The zero-order valence-electron chi connectivity index (χ0n) is 8.48. The third-order valence-electron chi connectivity index (χ3n) is 2.50. The molecule has 15 heavy (non-hydrogen) atoms.